The average molecular weight is 320 g/mol. The van der Waals surface area contributed by atoms with E-state index in [9.17, 15) is 14.3 Å². The van der Waals surface area contributed by atoms with Gasteiger partial charge in [-0.05, 0) is 29.7 Å². The average Bonchev–Trinajstić information content (AvgIpc) is 2.96. The van der Waals surface area contributed by atoms with E-state index >= 15 is 0 Å². The molecule has 0 spiro atoms. The van der Waals surface area contributed by atoms with Gasteiger partial charge in [-0.15, -0.1) is 5.10 Å². The zero-order valence-electron chi connectivity index (χ0n) is 13.7. The Morgan fingerprint density at radius 2 is 1.96 bits per heavy atom. The first kappa shape index (κ1) is 17.1. The van der Waals surface area contributed by atoms with Gasteiger partial charge in [0.2, 0.25) is 0 Å². The van der Waals surface area contributed by atoms with Gasteiger partial charge in [-0.2, -0.15) is 9.90 Å². The molecule has 124 valence electrons. The second-order valence-corrected chi connectivity index (χ2v) is 6.48. The van der Waals surface area contributed by atoms with Crippen molar-refractivity contribution in [3.05, 3.63) is 42.0 Å². The van der Waals surface area contributed by atoms with Crippen molar-refractivity contribution in [3.8, 4) is 5.69 Å². The Hall–Kier alpha value is -2.28. The molecule has 6 nitrogen and oxygen atoms in total. The molecule has 0 bridgehead atoms. The first-order valence-electron chi connectivity index (χ1n) is 7.30. The standard InChI is InChI=1S/C16H21FN4O2/c1-16(2,3)14(10-22)20(4)15(23)13-9-18-21(19-13)12-7-5-11(17)6-8-12/h5-9,14,22H,10H2,1-4H3/t14-/m1/s1. The summed E-state index contributed by atoms with van der Waals surface area (Å²) in [5.41, 5.74) is 0.453. The summed E-state index contributed by atoms with van der Waals surface area (Å²) < 4.78 is 12.9. The van der Waals surface area contributed by atoms with Crippen LogP contribution in [-0.2, 0) is 0 Å². The van der Waals surface area contributed by atoms with Crippen LogP contribution >= 0.6 is 0 Å². The van der Waals surface area contributed by atoms with Crippen LogP contribution in [0.15, 0.2) is 30.5 Å². The maximum atomic E-state index is 12.9. The third-order valence-corrected chi connectivity index (χ3v) is 3.73. The smallest absolute Gasteiger partial charge is 0.276 e. The van der Waals surface area contributed by atoms with Crippen molar-refractivity contribution in [2.75, 3.05) is 13.7 Å². The van der Waals surface area contributed by atoms with Crippen LogP contribution in [0, 0.1) is 11.2 Å². The Morgan fingerprint density at radius 1 is 1.35 bits per heavy atom. The summed E-state index contributed by atoms with van der Waals surface area (Å²) in [6.45, 7) is 5.71. The molecular formula is C16H21FN4O2. The van der Waals surface area contributed by atoms with E-state index < -0.39 is 0 Å². The molecule has 0 fully saturated rings. The first-order chi connectivity index (χ1) is 10.7. The fourth-order valence-electron chi connectivity index (χ4n) is 2.36. The molecule has 0 saturated carbocycles. The van der Waals surface area contributed by atoms with Crippen LogP contribution in [0.25, 0.3) is 5.69 Å². The van der Waals surface area contributed by atoms with Crippen molar-refractivity contribution in [2.24, 2.45) is 5.41 Å². The van der Waals surface area contributed by atoms with Gasteiger partial charge in [-0.1, -0.05) is 20.8 Å². The molecule has 1 N–H and O–H groups in total. The summed E-state index contributed by atoms with van der Waals surface area (Å²) in [6.07, 6.45) is 1.36. The SMILES string of the molecule is CN(C(=O)c1cnn(-c2ccc(F)cc2)n1)[C@H](CO)C(C)(C)C. The monoisotopic (exact) mass is 320 g/mol. The van der Waals surface area contributed by atoms with E-state index in [1.807, 2.05) is 20.8 Å². The first-order valence-corrected chi connectivity index (χ1v) is 7.30. The highest BCUT2D eigenvalue weighted by Gasteiger charge is 2.32. The van der Waals surface area contributed by atoms with Gasteiger partial charge in [0.1, 0.15) is 5.82 Å². The largest absolute Gasteiger partial charge is 0.394 e. The van der Waals surface area contributed by atoms with E-state index in [0.29, 0.717) is 5.69 Å². The maximum Gasteiger partial charge on any atom is 0.276 e. The van der Waals surface area contributed by atoms with Crippen LogP contribution in [0.1, 0.15) is 31.3 Å². The number of hydrogen-bond donors (Lipinski definition) is 1. The molecule has 0 aliphatic heterocycles. The number of aliphatic hydroxyl groups excluding tert-OH is 1. The topological polar surface area (TPSA) is 71.2 Å². The number of halogens is 1. The molecule has 0 aliphatic rings. The lowest BCUT2D eigenvalue weighted by molar-refractivity contribution is 0.0428. The third kappa shape index (κ3) is 3.73. The van der Waals surface area contributed by atoms with E-state index in [1.54, 1.807) is 7.05 Å². The fourth-order valence-corrected chi connectivity index (χ4v) is 2.36. The number of amides is 1. The summed E-state index contributed by atoms with van der Waals surface area (Å²) in [4.78, 5) is 15.3. The summed E-state index contributed by atoms with van der Waals surface area (Å²) in [7, 11) is 1.63. The fraction of sp³-hybridized carbons (Fsp3) is 0.438. The molecule has 1 aromatic carbocycles. The van der Waals surface area contributed by atoms with Gasteiger partial charge >= 0.3 is 0 Å². The molecule has 23 heavy (non-hydrogen) atoms. The number of aromatic nitrogens is 3. The summed E-state index contributed by atoms with van der Waals surface area (Å²) in [5, 5.41) is 17.7. The number of carbonyl (C=O) groups is 1. The molecule has 2 aromatic rings. The van der Waals surface area contributed by atoms with Crippen molar-refractivity contribution in [2.45, 2.75) is 26.8 Å². The van der Waals surface area contributed by atoms with Crippen LogP contribution in [0.5, 0.6) is 0 Å². The number of rotatable bonds is 4. The van der Waals surface area contributed by atoms with Gasteiger partial charge in [0.05, 0.1) is 24.5 Å². The number of hydrogen-bond acceptors (Lipinski definition) is 4. The number of aliphatic hydroxyl groups is 1. The molecular weight excluding hydrogens is 299 g/mol. The van der Waals surface area contributed by atoms with Gasteiger partial charge in [-0.25, -0.2) is 4.39 Å². The van der Waals surface area contributed by atoms with Crippen molar-refractivity contribution < 1.29 is 14.3 Å². The van der Waals surface area contributed by atoms with Crippen molar-refractivity contribution >= 4 is 5.91 Å². The lowest BCUT2D eigenvalue weighted by Gasteiger charge is -2.36. The molecule has 0 saturated heterocycles. The second kappa shape index (κ2) is 6.45. The number of likely N-dealkylation sites (N-methyl/N-ethyl adjacent to an activating group) is 1. The molecule has 1 amide bonds. The summed E-state index contributed by atoms with van der Waals surface area (Å²) in [5.74, 6) is -0.680. The van der Waals surface area contributed by atoms with E-state index in [1.165, 1.54) is 40.2 Å². The van der Waals surface area contributed by atoms with Crippen LogP contribution in [-0.4, -0.2) is 50.6 Å². The zero-order valence-corrected chi connectivity index (χ0v) is 13.7. The van der Waals surface area contributed by atoms with Crippen molar-refractivity contribution in [3.63, 3.8) is 0 Å². The lowest BCUT2D eigenvalue weighted by Crippen LogP contribution is -2.47. The number of benzene rings is 1. The van der Waals surface area contributed by atoms with Crippen LogP contribution in [0.2, 0.25) is 0 Å². The second-order valence-electron chi connectivity index (χ2n) is 6.48. The molecule has 2 rings (SSSR count). The summed E-state index contributed by atoms with van der Waals surface area (Å²) in [6, 6.07) is 5.31. The highest BCUT2D eigenvalue weighted by atomic mass is 19.1. The van der Waals surface area contributed by atoms with Crippen LogP contribution < -0.4 is 0 Å². The van der Waals surface area contributed by atoms with Crippen LogP contribution in [0.4, 0.5) is 4.39 Å². The van der Waals surface area contributed by atoms with E-state index in [2.05, 4.69) is 10.2 Å². The van der Waals surface area contributed by atoms with Gasteiger partial charge in [0.25, 0.3) is 5.91 Å². The molecule has 1 heterocycles. The van der Waals surface area contributed by atoms with Gasteiger partial charge in [-0.3, -0.25) is 4.79 Å². The Labute approximate surface area is 134 Å². The highest BCUT2D eigenvalue weighted by Crippen LogP contribution is 2.24. The quantitative estimate of drug-likeness (QED) is 0.934. The lowest BCUT2D eigenvalue weighted by atomic mass is 9.86. The minimum Gasteiger partial charge on any atom is -0.394 e. The minimum absolute atomic E-state index is 0.141. The molecule has 7 heteroatoms. The molecule has 0 aliphatic carbocycles. The van der Waals surface area contributed by atoms with Gasteiger partial charge < -0.3 is 10.0 Å². The highest BCUT2D eigenvalue weighted by molar-refractivity contribution is 5.92. The van der Waals surface area contributed by atoms with Crippen molar-refractivity contribution in [1.29, 1.82) is 0 Å². The molecule has 0 unspecified atom stereocenters. The van der Waals surface area contributed by atoms with E-state index in [-0.39, 0.29) is 35.5 Å². The summed E-state index contributed by atoms with van der Waals surface area (Å²) >= 11 is 0. The Bertz CT molecular complexity index is 676. The van der Waals surface area contributed by atoms with Crippen molar-refractivity contribution in [1.82, 2.24) is 19.9 Å². The van der Waals surface area contributed by atoms with Gasteiger partial charge in [0, 0.05) is 7.05 Å². The third-order valence-electron chi connectivity index (χ3n) is 3.73. The molecule has 1 atom stereocenters. The van der Waals surface area contributed by atoms with Crippen LogP contribution in [0.3, 0.4) is 0 Å². The predicted octanol–water partition coefficient (Wildman–Crippen LogP) is 1.89. The van der Waals surface area contributed by atoms with E-state index in [4.69, 9.17) is 0 Å². The maximum absolute atomic E-state index is 12.9. The van der Waals surface area contributed by atoms with E-state index in [0.717, 1.165) is 0 Å². The Morgan fingerprint density at radius 3 is 2.48 bits per heavy atom. The predicted molar refractivity (Wildman–Crippen MR) is 83.7 cm³/mol. The minimum atomic E-state index is -0.354. The zero-order chi connectivity index (χ0) is 17.2. The molecule has 0 radical (unpaired) electrons. The van der Waals surface area contributed by atoms with Gasteiger partial charge in [0.15, 0.2) is 5.69 Å². The number of nitrogens with zero attached hydrogens (tertiary/aromatic N) is 4. The normalized spacial score (nSPS) is 13.0. The Kier molecular flexibility index (Phi) is 4.79. The molecule has 1 aromatic heterocycles. The number of carbonyl (C=O) groups excluding carboxylic acids is 1. The Balaban J connectivity index is 2.22.